The van der Waals surface area contributed by atoms with Crippen LogP contribution in [-0.2, 0) is 4.79 Å². The molecule has 7 heteroatoms. The van der Waals surface area contributed by atoms with Gasteiger partial charge in [-0.05, 0) is 63.0 Å². The van der Waals surface area contributed by atoms with Gasteiger partial charge in [0.1, 0.15) is 11.9 Å². The zero-order valence-electron chi connectivity index (χ0n) is 16.3. The van der Waals surface area contributed by atoms with Gasteiger partial charge in [0.25, 0.3) is 0 Å². The average molecular weight is 386 g/mol. The molecule has 2 fully saturated rings. The lowest BCUT2D eigenvalue weighted by atomic mass is 9.65. The van der Waals surface area contributed by atoms with Crippen LogP contribution in [0.25, 0.3) is 11.4 Å². The second kappa shape index (κ2) is 7.62. The Labute approximate surface area is 164 Å². The van der Waals surface area contributed by atoms with Gasteiger partial charge >= 0.3 is 0 Å². The molecule has 2 saturated carbocycles. The third-order valence-corrected chi connectivity index (χ3v) is 6.38. The predicted molar refractivity (Wildman–Crippen MR) is 103 cm³/mol. The van der Waals surface area contributed by atoms with Crippen LogP contribution in [-0.4, -0.2) is 22.1 Å². The third kappa shape index (κ3) is 3.68. The molecular formula is C21H27FN4O2. The Morgan fingerprint density at radius 3 is 2.71 bits per heavy atom. The van der Waals surface area contributed by atoms with E-state index in [0.717, 1.165) is 25.7 Å². The fraction of sp³-hybridized carbons (Fsp3) is 0.571. The van der Waals surface area contributed by atoms with Crippen molar-refractivity contribution in [2.24, 2.45) is 23.5 Å². The van der Waals surface area contributed by atoms with Crippen LogP contribution in [0.15, 0.2) is 22.7 Å². The van der Waals surface area contributed by atoms with Crippen LogP contribution in [0.1, 0.15) is 56.5 Å². The van der Waals surface area contributed by atoms with E-state index in [2.05, 4.69) is 15.5 Å². The Morgan fingerprint density at radius 1 is 1.32 bits per heavy atom. The number of halogens is 1. The van der Waals surface area contributed by atoms with Crippen molar-refractivity contribution in [1.82, 2.24) is 15.5 Å². The van der Waals surface area contributed by atoms with Gasteiger partial charge in [0.05, 0.1) is 0 Å². The minimum Gasteiger partial charge on any atom is -0.344 e. The van der Waals surface area contributed by atoms with E-state index >= 15 is 0 Å². The lowest BCUT2D eigenvalue weighted by Crippen LogP contribution is -2.49. The van der Waals surface area contributed by atoms with Gasteiger partial charge < -0.3 is 15.6 Å². The van der Waals surface area contributed by atoms with Crippen molar-refractivity contribution in [2.75, 3.05) is 0 Å². The number of hydrogen-bond acceptors (Lipinski definition) is 5. The fourth-order valence-electron chi connectivity index (χ4n) is 4.66. The summed E-state index contributed by atoms with van der Waals surface area (Å²) in [4.78, 5) is 17.1. The quantitative estimate of drug-likeness (QED) is 0.838. The standard InChI is InChI=1S/C21H27FN4O2/c1-11-6-7-15(10-17(11)22)19-25-21(28-26-19)12(2)24-20(27)16-8-13-4-3-5-14(9-16)18(13)23/h6-7,10,12-14,16,18H,3-5,8-9,23H2,1-2H3,(H,24,27). The molecule has 28 heavy (non-hydrogen) atoms. The summed E-state index contributed by atoms with van der Waals surface area (Å²) in [7, 11) is 0. The van der Waals surface area contributed by atoms with E-state index < -0.39 is 6.04 Å². The number of carbonyl (C=O) groups excluding carboxylic acids is 1. The zero-order chi connectivity index (χ0) is 19.8. The summed E-state index contributed by atoms with van der Waals surface area (Å²) in [5.41, 5.74) is 7.43. The number of fused-ring (bicyclic) bond motifs is 2. The highest BCUT2D eigenvalue weighted by Gasteiger charge is 2.40. The van der Waals surface area contributed by atoms with Crippen LogP contribution in [0.2, 0.25) is 0 Å². The number of rotatable bonds is 4. The number of carbonyl (C=O) groups is 1. The van der Waals surface area contributed by atoms with Gasteiger partial charge in [-0.25, -0.2) is 4.39 Å². The van der Waals surface area contributed by atoms with Crippen molar-refractivity contribution in [3.05, 3.63) is 35.5 Å². The van der Waals surface area contributed by atoms with Crippen molar-refractivity contribution in [3.8, 4) is 11.4 Å². The summed E-state index contributed by atoms with van der Waals surface area (Å²) in [6.45, 7) is 3.52. The van der Waals surface area contributed by atoms with Crippen LogP contribution in [0.5, 0.6) is 0 Å². The number of aromatic nitrogens is 2. The zero-order valence-corrected chi connectivity index (χ0v) is 16.3. The van der Waals surface area contributed by atoms with Gasteiger partial charge in [-0.15, -0.1) is 0 Å². The molecule has 2 aliphatic carbocycles. The molecule has 0 saturated heterocycles. The molecule has 4 rings (SSSR count). The third-order valence-electron chi connectivity index (χ3n) is 6.38. The molecule has 150 valence electrons. The molecule has 1 amide bonds. The maximum absolute atomic E-state index is 13.8. The van der Waals surface area contributed by atoms with Crippen LogP contribution in [0, 0.1) is 30.5 Å². The summed E-state index contributed by atoms with van der Waals surface area (Å²) in [6, 6.07) is 4.65. The SMILES string of the molecule is Cc1ccc(-c2noc(C(C)NC(=O)C3CC4CCCC(C3)C4N)n2)cc1F. The predicted octanol–water partition coefficient (Wildman–Crippen LogP) is 3.51. The molecule has 3 unspecified atom stereocenters. The minimum absolute atomic E-state index is 0.00821. The molecule has 0 radical (unpaired) electrons. The van der Waals surface area contributed by atoms with Gasteiger partial charge in [0.15, 0.2) is 0 Å². The van der Waals surface area contributed by atoms with Crippen LogP contribution in [0.3, 0.4) is 0 Å². The molecule has 1 heterocycles. The number of nitrogens with one attached hydrogen (secondary N) is 1. The van der Waals surface area contributed by atoms with Crippen LogP contribution in [0.4, 0.5) is 4.39 Å². The Hall–Kier alpha value is -2.28. The Morgan fingerprint density at radius 2 is 2.04 bits per heavy atom. The largest absolute Gasteiger partial charge is 0.344 e. The average Bonchev–Trinajstić information content (AvgIpc) is 3.14. The maximum atomic E-state index is 13.8. The molecule has 1 aromatic heterocycles. The number of amides is 1. The summed E-state index contributed by atoms with van der Waals surface area (Å²) in [5.74, 6) is 1.23. The van der Waals surface area contributed by atoms with Gasteiger partial charge in [-0.2, -0.15) is 4.98 Å². The smallest absolute Gasteiger partial charge is 0.249 e. The Kier molecular flexibility index (Phi) is 5.19. The fourth-order valence-corrected chi connectivity index (χ4v) is 4.66. The normalized spacial score (nSPS) is 28.0. The monoisotopic (exact) mass is 386 g/mol. The van der Waals surface area contributed by atoms with Crippen molar-refractivity contribution in [3.63, 3.8) is 0 Å². The number of nitrogens with zero attached hydrogens (tertiary/aromatic N) is 2. The van der Waals surface area contributed by atoms with Crippen LogP contribution >= 0.6 is 0 Å². The number of nitrogens with two attached hydrogens (primary N) is 1. The lowest BCUT2D eigenvalue weighted by molar-refractivity contribution is -0.128. The topological polar surface area (TPSA) is 94.0 Å². The van der Waals surface area contributed by atoms with Crippen molar-refractivity contribution >= 4 is 5.91 Å². The highest BCUT2D eigenvalue weighted by molar-refractivity contribution is 5.79. The molecule has 3 atom stereocenters. The van der Waals surface area contributed by atoms with Crippen LogP contribution < -0.4 is 11.1 Å². The molecule has 1 aromatic carbocycles. The minimum atomic E-state index is -0.403. The van der Waals surface area contributed by atoms with E-state index in [0.29, 0.717) is 34.7 Å². The Balaban J connectivity index is 1.41. The first kappa shape index (κ1) is 19.1. The molecular weight excluding hydrogens is 359 g/mol. The molecule has 3 N–H and O–H groups in total. The summed E-state index contributed by atoms with van der Waals surface area (Å²) >= 11 is 0. The highest BCUT2D eigenvalue weighted by atomic mass is 19.1. The maximum Gasteiger partial charge on any atom is 0.249 e. The summed E-state index contributed by atoms with van der Waals surface area (Å²) in [6.07, 6.45) is 5.17. The molecule has 2 aliphatic rings. The number of aryl methyl sites for hydroxylation is 1. The second-order valence-corrected chi connectivity index (χ2v) is 8.35. The first-order valence-electron chi connectivity index (χ1n) is 10.1. The molecule has 6 nitrogen and oxygen atoms in total. The van der Waals surface area contributed by atoms with E-state index in [9.17, 15) is 9.18 Å². The van der Waals surface area contributed by atoms with Crippen molar-refractivity contribution < 1.29 is 13.7 Å². The van der Waals surface area contributed by atoms with Gasteiger partial charge in [0.2, 0.25) is 17.6 Å². The van der Waals surface area contributed by atoms with E-state index in [1.807, 2.05) is 6.92 Å². The van der Waals surface area contributed by atoms with Crippen molar-refractivity contribution in [1.29, 1.82) is 0 Å². The highest BCUT2D eigenvalue weighted by Crippen LogP contribution is 2.42. The van der Waals surface area contributed by atoms with E-state index in [1.165, 1.54) is 12.5 Å². The van der Waals surface area contributed by atoms with Gasteiger partial charge in [-0.3, -0.25) is 4.79 Å². The van der Waals surface area contributed by atoms with E-state index in [1.54, 1.807) is 19.1 Å². The number of hydrogen-bond donors (Lipinski definition) is 2. The van der Waals surface area contributed by atoms with Gasteiger partial charge in [0, 0.05) is 17.5 Å². The first-order chi connectivity index (χ1) is 13.4. The molecule has 0 spiro atoms. The number of benzene rings is 1. The van der Waals surface area contributed by atoms with Crippen molar-refractivity contribution in [2.45, 2.75) is 58.0 Å². The second-order valence-electron chi connectivity index (χ2n) is 8.35. The van der Waals surface area contributed by atoms with E-state index in [-0.39, 0.29) is 23.7 Å². The summed E-state index contributed by atoms with van der Waals surface area (Å²) < 4.78 is 19.1. The van der Waals surface area contributed by atoms with E-state index in [4.69, 9.17) is 10.3 Å². The van der Waals surface area contributed by atoms with Gasteiger partial charge in [-0.1, -0.05) is 23.7 Å². The lowest BCUT2D eigenvalue weighted by Gasteiger charge is -2.43. The first-order valence-corrected chi connectivity index (χ1v) is 10.1. The molecule has 2 aromatic rings. The molecule has 2 bridgehead atoms. The molecule has 0 aliphatic heterocycles. The summed E-state index contributed by atoms with van der Waals surface area (Å²) in [5, 5.41) is 6.94. The Bertz CT molecular complexity index is 854.